The second kappa shape index (κ2) is 9.73. The van der Waals surface area contributed by atoms with Crippen molar-refractivity contribution < 1.29 is 24.2 Å². The van der Waals surface area contributed by atoms with Gasteiger partial charge in [-0.1, -0.05) is 27.7 Å². The van der Waals surface area contributed by atoms with Crippen LogP contribution in [0.1, 0.15) is 48.4 Å². The van der Waals surface area contributed by atoms with E-state index in [4.69, 9.17) is 14.6 Å². The number of carboxylic acids is 1. The van der Waals surface area contributed by atoms with Gasteiger partial charge in [-0.3, -0.25) is 4.79 Å². The predicted molar refractivity (Wildman–Crippen MR) is 106 cm³/mol. The number of nitrogens with zero attached hydrogens (tertiary/aromatic N) is 1. The second-order valence-electron chi connectivity index (χ2n) is 7.29. The van der Waals surface area contributed by atoms with E-state index >= 15 is 0 Å². The average molecular weight is 386 g/mol. The van der Waals surface area contributed by atoms with Gasteiger partial charge in [0, 0.05) is 17.8 Å². The van der Waals surface area contributed by atoms with Crippen LogP contribution in [0.5, 0.6) is 11.5 Å². The number of benzene rings is 1. The van der Waals surface area contributed by atoms with Crippen molar-refractivity contribution in [1.29, 1.82) is 0 Å². The third kappa shape index (κ3) is 6.57. The van der Waals surface area contributed by atoms with E-state index in [-0.39, 0.29) is 17.3 Å². The van der Waals surface area contributed by atoms with Crippen LogP contribution in [0.4, 0.5) is 5.82 Å². The van der Waals surface area contributed by atoms with Crippen molar-refractivity contribution in [2.24, 2.45) is 11.8 Å². The molecule has 0 aliphatic rings. The third-order valence-electron chi connectivity index (χ3n) is 3.56. The Morgan fingerprint density at radius 1 is 0.964 bits per heavy atom. The van der Waals surface area contributed by atoms with Crippen molar-refractivity contribution in [2.75, 3.05) is 18.5 Å². The van der Waals surface area contributed by atoms with Gasteiger partial charge in [0.25, 0.3) is 5.91 Å². The van der Waals surface area contributed by atoms with E-state index in [1.165, 1.54) is 18.3 Å². The first-order valence-electron chi connectivity index (χ1n) is 9.16. The van der Waals surface area contributed by atoms with E-state index in [0.29, 0.717) is 42.1 Å². The van der Waals surface area contributed by atoms with Gasteiger partial charge < -0.3 is 19.9 Å². The molecule has 1 aromatic heterocycles. The molecule has 0 bridgehead atoms. The van der Waals surface area contributed by atoms with E-state index < -0.39 is 5.97 Å². The number of carbonyl (C=O) groups excluding carboxylic acids is 1. The Bertz CT molecular complexity index is 786. The maximum Gasteiger partial charge on any atom is 0.337 e. The molecule has 150 valence electrons. The summed E-state index contributed by atoms with van der Waals surface area (Å²) in [7, 11) is 0. The molecule has 1 heterocycles. The fourth-order valence-electron chi connectivity index (χ4n) is 2.18. The first-order chi connectivity index (χ1) is 13.2. The summed E-state index contributed by atoms with van der Waals surface area (Å²) >= 11 is 0. The summed E-state index contributed by atoms with van der Waals surface area (Å²) in [4.78, 5) is 27.5. The number of pyridine rings is 1. The van der Waals surface area contributed by atoms with Crippen molar-refractivity contribution in [3.05, 3.63) is 47.7 Å². The van der Waals surface area contributed by atoms with Gasteiger partial charge in [-0.05, 0) is 36.1 Å². The van der Waals surface area contributed by atoms with E-state index in [1.54, 1.807) is 18.2 Å². The van der Waals surface area contributed by atoms with Gasteiger partial charge in [0.05, 0.1) is 18.8 Å². The largest absolute Gasteiger partial charge is 0.493 e. The molecule has 1 amide bonds. The number of hydrogen-bond donors (Lipinski definition) is 2. The van der Waals surface area contributed by atoms with Crippen LogP contribution in [0.2, 0.25) is 0 Å². The second-order valence-corrected chi connectivity index (χ2v) is 7.29. The highest BCUT2D eigenvalue weighted by atomic mass is 16.5. The molecule has 0 atom stereocenters. The van der Waals surface area contributed by atoms with Gasteiger partial charge in [-0.25, -0.2) is 9.78 Å². The van der Waals surface area contributed by atoms with Crippen molar-refractivity contribution in [3.8, 4) is 11.5 Å². The number of carbonyl (C=O) groups is 2. The van der Waals surface area contributed by atoms with Crippen molar-refractivity contribution in [3.63, 3.8) is 0 Å². The van der Waals surface area contributed by atoms with Crippen LogP contribution < -0.4 is 14.8 Å². The quantitative estimate of drug-likeness (QED) is 0.673. The zero-order valence-electron chi connectivity index (χ0n) is 16.6. The standard InChI is InChI=1S/C21H26N2O5/c1-13(2)11-27-17-7-16(8-18(9-17)28-12-14(3)4)20(24)23-19-6-5-15(10-22-19)21(25)26/h5-10,13-14H,11-12H2,1-4H3,(H,25,26)(H,22,23,24). The molecule has 0 fully saturated rings. The molecule has 2 aromatic rings. The normalized spacial score (nSPS) is 10.8. The molecule has 0 aliphatic heterocycles. The summed E-state index contributed by atoms with van der Waals surface area (Å²) in [5, 5.41) is 11.6. The number of nitrogens with one attached hydrogen (secondary N) is 1. The summed E-state index contributed by atoms with van der Waals surface area (Å²) in [5.74, 6) is 0.577. The van der Waals surface area contributed by atoms with Crippen LogP contribution in [0, 0.1) is 11.8 Å². The summed E-state index contributed by atoms with van der Waals surface area (Å²) in [5.41, 5.74) is 0.413. The first kappa shape index (κ1) is 21.2. The van der Waals surface area contributed by atoms with Crippen LogP contribution in [0.25, 0.3) is 0 Å². The number of carboxylic acid groups (broad SMARTS) is 1. The zero-order chi connectivity index (χ0) is 20.7. The van der Waals surface area contributed by atoms with Gasteiger partial charge in [0.15, 0.2) is 0 Å². The minimum Gasteiger partial charge on any atom is -0.493 e. The summed E-state index contributed by atoms with van der Waals surface area (Å²) in [6.07, 6.45) is 1.19. The minimum absolute atomic E-state index is 0.0476. The van der Waals surface area contributed by atoms with Gasteiger partial charge in [-0.2, -0.15) is 0 Å². The summed E-state index contributed by atoms with van der Waals surface area (Å²) in [6, 6.07) is 7.87. The Hall–Kier alpha value is -3.09. The Kier molecular flexibility index (Phi) is 7.37. The average Bonchev–Trinajstić information content (AvgIpc) is 2.65. The van der Waals surface area contributed by atoms with Crippen LogP contribution in [0.3, 0.4) is 0 Å². The van der Waals surface area contributed by atoms with Crippen molar-refractivity contribution >= 4 is 17.7 Å². The molecule has 0 saturated heterocycles. The lowest BCUT2D eigenvalue weighted by Gasteiger charge is -2.14. The highest BCUT2D eigenvalue weighted by molar-refractivity contribution is 6.04. The molecule has 1 aromatic carbocycles. The lowest BCUT2D eigenvalue weighted by atomic mass is 10.1. The minimum atomic E-state index is -1.08. The number of amides is 1. The number of aromatic carboxylic acids is 1. The first-order valence-corrected chi connectivity index (χ1v) is 9.16. The molecule has 2 rings (SSSR count). The fraction of sp³-hybridized carbons (Fsp3) is 0.381. The molecular formula is C21H26N2O5. The van der Waals surface area contributed by atoms with E-state index in [0.717, 1.165) is 0 Å². The predicted octanol–water partition coefficient (Wildman–Crippen LogP) is 4.10. The maximum absolute atomic E-state index is 12.6. The highest BCUT2D eigenvalue weighted by Gasteiger charge is 2.13. The van der Waals surface area contributed by atoms with Crippen molar-refractivity contribution in [1.82, 2.24) is 4.98 Å². The molecule has 0 unspecified atom stereocenters. The SMILES string of the molecule is CC(C)COc1cc(OCC(C)C)cc(C(=O)Nc2ccc(C(=O)O)cn2)c1. The summed E-state index contributed by atoms with van der Waals surface area (Å²) < 4.78 is 11.5. The Labute approximate surface area is 164 Å². The van der Waals surface area contributed by atoms with Gasteiger partial charge in [0.1, 0.15) is 17.3 Å². The molecule has 7 heteroatoms. The van der Waals surface area contributed by atoms with Crippen molar-refractivity contribution in [2.45, 2.75) is 27.7 Å². The van der Waals surface area contributed by atoms with E-state index in [2.05, 4.69) is 10.3 Å². The number of hydrogen-bond acceptors (Lipinski definition) is 5. The lowest BCUT2D eigenvalue weighted by Crippen LogP contribution is -2.14. The van der Waals surface area contributed by atoms with Gasteiger partial charge in [-0.15, -0.1) is 0 Å². The molecule has 0 radical (unpaired) electrons. The van der Waals surface area contributed by atoms with Gasteiger partial charge in [0.2, 0.25) is 0 Å². The molecule has 28 heavy (non-hydrogen) atoms. The number of rotatable bonds is 9. The van der Waals surface area contributed by atoms with Crippen LogP contribution in [0.15, 0.2) is 36.5 Å². The third-order valence-corrected chi connectivity index (χ3v) is 3.56. The number of anilines is 1. The Morgan fingerprint density at radius 3 is 1.96 bits per heavy atom. The fourth-order valence-corrected chi connectivity index (χ4v) is 2.18. The van der Waals surface area contributed by atoms with Gasteiger partial charge >= 0.3 is 5.97 Å². The van der Waals surface area contributed by atoms with E-state index in [9.17, 15) is 9.59 Å². The molecule has 0 spiro atoms. The smallest absolute Gasteiger partial charge is 0.337 e. The van der Waals surface area contributed by atoms with Crippen LogP contribution >= 0.6 is 0 Å². The van der Waals surface area contributed by atoms with Crippen LogP contribution in [-0.2, 0) is 0 Å². The monoisotopic (exact) mass is 386 g/mol. The molecule has 0 saturated carbocycles. The number of aromatic nitrogens is 1. The zero-order valence-corrected chi connectivity index (χ0v) is 16.6. The number of ether oxygens (including phenoxy) is 2. The molecule has 0 aliphatic carbocycles. The highest BCUT2D eigenvalue weighted by Crippen LogP contribution is 2.25. The lowest BCUT2D eigenvalue weighted by molar-refractivity contribution is 0.0696. The molecule has 7 nitrogen and oxygen atoms in total. The topological polar surface area (TPSA) is 97.8 Å². The van der Waals surface area contributed by atoms with E-state index in [1.807, 2.05) is 27.7 Å². The van der Waals surface area contributed by atoms with Crippen LogP contribution in [-0.4, -0.2) is 35.2 Å². The molecule has 2 N–H and O–H groups in total. The Balaban J connectivity index is 2.20. The molecular weight excluding hydrogens is 360 g/mol. The Morgan fingerprint density at radius 2 is 1.54 bits per heavy atom. The maximum atomic E-state index is 12.6. The summed E-state index contributed by atoms with van der Waals surface area (Å²) in [6.45, 7) is 9.20.